The largest absolute Gasteiger partial charge is 0.328 e. The van der Waals surface area contributed by atoms with Gasteiger partial charge in [0.05, 0.1) is 30.0 Å². The fraction of sp³-hybridized carbons (Fsp3) is 0.458. The van der Waals surface area contributed by atoms with E-state index >= 15 is 0 Å². The zero-order chi connectivity index (χ0) is 21.8. The third kappa shape index (κ3) is 3.57. The number of hydrogen-bond acceptors (Lipinski definition) is 4. The lowest BCUT2D eigenvalue weighted by molar-refractivity contribution is 0.0748. The average Bonchev–Trinajstić information content (AvgIpc) is 3.43. The van der Waals surface area contributed by atoms with Crippen LogP contribution in [0.25, 0.3) is 5.65 Å². The summed E-state index contributed by atoms with van der Waals surface area (Å²) >= 11 is 6.01. The third-order valence-corrected chi connectivity index (χ3v) is 7.48. The molecule has 1 aromatic carbocycles. The van der Waals surface area contributed by atoms with Gasteiger partial charge in [-0.25, -0.2) is 13.9 Å². The molecule has 2 aromatic heterocycles. The second-order valence-corrected chi connectivity index (χ2v) is 9.88. The van der Waals surface area contributed by atoms with E-state index in [1.165, 1.54) is 31.7 Å². The van der Waals surface area contributed by atoms with Gasteiger partial charge in [-0.05, 0) is 68.2 Å². The van der Waals surface area contributed by atoms with Crippen molar-refractivity contribution < 1.29 is 9.18 Å². The highest BCUT2D eigenvalue weighted by molar-refractivity contribution is 6.30. The van der Waals surface area contributed by atoms with E-state index in [2.05, 4.69) is 15.4 Å². The SMILES string of the molecule is O=C(c1ccc(F)cc1CC[C@H]1C[C@H]2CC[C@@H](C1)N2)N1Cc2nn3cc(Cl)cnc3c2C1. The van der Waals surface area contributed by atoms with Crippen LogP contribution in [0.15, 0.2) is 30.6 Å². The molecule has 0 saturated carbocycles. The average molecular weight is 454 g/mol. The van der Waals surface area contributed by atoms with Crippen LogP contribution in [0.1, 0.15) is 59.3 Å². The number of carbonyl (C=O) groups is 1. The first-order valence-electron chi connectivity index (χ1n) is 11.4. The predicted octanol–water partition coefficient (Wildman–Crippen LogP) is 4.14. The fourth-order valence-corrected chi connectivity index (χ4v) is 5.93. The fourth-order valence-electron chi connectivity index (χ4n) is 5.78. The number of halogens is 2. The molecule has 0 spiro atoms. The van der Waals surface area contributed by atoms with Crippen molar-refractivity contribution >= 4 is 23.2 Å². The van der Waals surface area contributed by atoms with Crippen molar-refractivity contribution in [2.45, 2.75) is 63.7 Å². The molecule has 2 fully saturated rings. The quantitative estimate of drug-likeness (QED) is 0.645. The minimum absolute atomic E-state index is 0.0736. The topological polar surface area (TPSA) is 62.5 Å². The van der Waals surface area contributed by atoms with Crippen LogP contribution in [0.4, 0.5) is 4.39 Å². The lowest BCUT2D eigenvalue weighted by Crippen LogP contribution is -2.38. The summed E-state index contributed by atoms with van der Waals surface area (Å²) in [5.41, 5.74) is 3.91. The number of nitrogens with one attached hydrogen (secondary N) is 1. The molecule has 3 atom stereocenters. The van der Waals surface area contributed by atoms with Gasteiger partial charge in [0, 0.05) is 29.4 Å². The lowest BCUT2D eigenvalue weighted by Gasteiger charge is -2.29. The Balaban J connectivity index is 1.20. The molecule has 3 aromatic rings. The highest BCUT2D eigenvalue weighted by atomic mass is 35.5. The summed E-state index contributed by atoms with van der Waals surface area (Å²) in [6.07, 6.45) is 9.95. The first-order valence-corrected chi connectivity index (χ1v) is 11.8. The molecule has 0 aliphatic carbocycles. The van der Waals surface area contributed by atoms with Crippen LogP contribution in [0.3, 0.4) is 0 Å². The van der Waals surface area contributed by atoms with Crippen molar-refractivity contribution in [3.8, 4) is 0 Å². The molecular weight excluding hydrogens is 429 g/mol. The molecule has 3 aliphatic rings. The predicted molar refractivity (Wildman–Crippen MR) is 119 cm³/mol. The van der Waals surface area contributed by atoms with Gasteiger partial charge in [0.1, 0.15) is 5.82 Å². The highest BCUT2D eigenvalue weighted by Gasteiger charge is 2.34. The van der Waals surface area contributed by atoms with Gasteiger partial charge >= 0.3 is 0 Å². The molecule has 8 heteroatoms. The van der Waals surface area contributed by atoms with E-state index in [0.29, 0.717) is 41.7 Å². The molecule has 0 radical (unpaired) electrons. The molecule has 6 nitrogen and oxygen atoms in total. The van der Waals surface area contributed by atoms with Crippen LogP contribution in [-0.2, 0) is 19.5 Å². The van der Waals surface area contributed by atoms with Gasteiger partial charge in [0.15, 0.2) is 5.65 Å². The molecule has 2 saturated heterocycles. The summed E-state index contributed by atoms with van der Waals surface area (Å²) < 4.78 is 15.8. The molecule has 3 aliphatic heterocycles. The highest BCUT2D eigenvalue weighted by Crippen LogP contribution is 2.34. The molecule has 2 bridgehead atoms. The maximum absolute atomic E-state index is 14.1. The Bertz CT molecular complexity index is 1200. The van der Waals surface area contributed by atoms with Crippen molar-refractivity contribution in [3.63, 3.8) is 0 Å². The zero-order valence-electron chi connectivity index (χ0n) is 17.7. The van der Waals surface area contributed by atoms with Crippen LogP contribution in [0, 0.1) is 11.7 Å². The summed E-state index contributed by atoms with van der Waals surface area (Å²) in [4.78, 5) is 19.6. The van der Waals surface area contributed by atoms with Gasteiger partial charge < -0.3 is 10.2 Å². The molecule has 0 unspecified atom stereocenters. The molecule has 1 amide bonds. The van der Waals surface area contributed by atoms with Crippen LogP contribution in [0.2, 0.25) is 5.02 Å². The van der Waals surface area contributed by atoms with E-state index in [0.717, 1.165) is 35.3 Å². The Hall–Kier alpha value is -2.51. The van der Waals surface area contributed by atoms with E-state index in [1.54, 1.807) is 33.9 Å². The van der Waals surface area contributed by atoms with Crippen molar-refractivity contribution in [3.05, 3.63) is 63.8 Å². The van der Waals surface area contributed by atoms with Crippen LogP contribution < -0.4 is 5.32 Å². The van der Waals surface area contributed by atoms with E-state index in [-0.39, 0.29) is 11.7 Å². The molecule has 6 rings (SSSR count). The third-order valence-electron chi connectivity index (χ3n) is 7.29. The number of hydrogen-bond donors (Lipinski definition) is 1. The van der Waals surface area contributed by atoms with Gasteiger partial charge in [-0.3, -0.25) is 4.79 Å². The number of nitrogens with zero attached hydrogens (tertiary/aromatic N) is 4. The maximum atomic E-state index is 14.1. The van der Waals surface area contributed by atoms with E-state index in [1.807, 2.05) is 0 Å². The van der Waals surface area contributed by atoms with Gasteiger partial charge in [0.25, 0.3) is 5.91 Å². The first-order chi connectivity index (χ1) is 15.5. The van der Waals surface area contributed by atoms with Gasteiger partial charge in [-0.15, -0.1) is 0 Å². The second kappa shape index (κ2) is 7.81. The van der Waals surface area contributed by atoms with E-state index in [9.17, 15) is 9.18 Å². The van der Waals surface area contributed by atoms with Crippen LogP contribution >= 0.6 is 11.6 Å². The Morgan fingerprint density at radius 3 is 2.84 bits per heavy atom. The molecule has 5 heterocycles. The van der Waals surface area contributed by atoms with Crippen LogP contribution in [0.5, 0.6) is 0 Å². The second-order valence-electron chi connectivity index (χ2n) is 9.44. The maximum Gasteiger partial charge on any atom is 0.254 e. The smallest absolute Gasteiger partial charge is 0.254 e. The number of aryl methyl sites for hydroxylation is 1. The van der Waals surface area contributed by atoms with E-state index in [4.69, 9.17) is 11.6 Å². The molecule has 1 N–H and O–H groups in total. The zero-order valence-corrected chi connectivity index (χ0v) is 18.5. The molecular formula is C24H25ClFN5O. The van der Waals surface area contributed by atoms with Crippen molar-refractivity contribution in [2.75, 3.05) is 0 Å². The lowest BCUT2D eigenvalue weighted by atomic mass is 9.86. The summed E-state index contributed by atoms with van der Waals surface area (Å²) in [5, 5.41) is 8.74. The van der Waals surface area contributed by atoms with Crippen molar-refractivity contribution in [1.29, 1.82) is 0 Å². The number of rotatable bonds is 4. The standard InChI is InChI=1S/C24H25ClFN5O/c25-16-10-27-23-21-12-30(13-22(21)29-31(23)11-16)24(32)20-6-3-17(26)9-15(20)2-1-14-7-18-4-5-19(8-14)28-18/h3,6,9-11,14,18-19,28H,1-2,4-5,7-8,12-13H2/t14-,18+,19-. The summed E-state index contributed by atoms with van der Waals surface area (Å²) in [7, 11) is 0. The number of carbonyl (C=O) groups excluding carboxylic acids is 1. The Kier molecular flexibility index (Phi) is 4.91. The first kappa shape index (κ1) is 20.1. The summed E-state index contributed by atoms with van der Waals surface area (Å²) in [5.74, 6) is 0.281. The number of benzene rings is 1. The Morgan fingerprint density at radius 1 is 1.22 bits per heavy atom. The molecule has 166 valence electrons. The summed E-state index contributed by atoms with van der Waals surface area (Å²) in [6, 6.07) is 5.84. The summed E-state index contributed by atoms with van der Waals surface area (Å²) in [6.45, 7) is 0.865. The Labute approximate surface area is 190 Å². The minimum atomic E-state index is -0.287. The number of aromatic nitrogens is 3. The Morgan fingerprint density at radius 2 is 2.03 bits per heavy atom. The van der Waals surface area contributed by atoms with Crippen LogP contribution in [-0.4, -0.2) is 37.5 Å². The number of fused-ring (bicyclic) bond motifs is 5. The van der Waals surface area contributed by atoms with Gasteiger partial charge in [-0.2, -0.15) is 5.10 Å². The molecule has 32 heavy (non-hydrogen) atoms. The van der Waals surface area contributed by atoms with Crippen molar-refractivity contribution in [1.82, 2.24) is 24.8 Å². The monoisotopic (exact) mass is 453 g/mol. The van der Waals surface area contributed by atoms with E-state index < -0.39 is 0 Å². The minimum Gasteiger partial charge on any atom is -0.328 e. The normalized spacial score (nSPS) is 24.3. The van der Waals surface area contributed by atoms with Crippen molar-refractivity contribution in [2.24, 2.45) is 5.92 Å². The number of piperidine rings is 1. The number of amides is 1. The van der Waals surface area contributed by atoms with Gasteiger partial charge in [-0.1, -0.05) is 11.6 Å². The van der Waals surface area contributed by atoms with Gasteiger partial charge in [0.2, 0.25) is 0 Å².